The van der Waals surface area contributed by atoms with Crippen molar-refractivity contribution in [2.45, 2.75) is 37.1 Å². The van der Waals surface area contributed by atoms with Crippen molar-refractivity contribution < 1.29 is 8.42 Å². The van der Waals surface area contributed by atoms with Crippen molar-refractivity contribution in [3.05, 3.63) is 28.8 Å². The van der Waals surface area contributed by atoms with Crippen LogP contribution in [0.1, 0.15) is 32.3 Å². The van der Waals surface area contributed by atoms with Crippen LogP contribution in [0.4, 0.5) is 0 Å². The standard InChI is InChI=1S/C13H14ClN3O2S/c1-3-13(4-2,9-16)17-20(18,19)12-7-10(8-15)5-6-11(12)14/h5-7,17H,3-4H2,1-2H3. The molecule has 0 amide bonds. The number of nitrogens with one attached hydrogen (secondary N) is 1. The van der Waals surface area contributed by atoms with Crippen LogP contribution in [-0.4, -0.2) is 14.0 Å². The van der Waals surface area contributed by atoms with Gasteiger partial charge in [-0.05, 0) is 31.0 Å². The van der Waals surface area contributed by atoms with Gasteiger partial charge >= 0.3 is 0 Å². The average molecular weight is 312 g/mol. The minimum absolute atomic E-state index is 0.00976. The van der Waals surface area contributed by atoms with Crippen LogP contribution >= 0.6 is 11.6 Å². The first-order valence-corrected chi connectivity index (χ1v) is 7.85. The summed E-state index contributed by atoms with van der Waals surface area (Å²) in [5, 5.41) is 18.0. The second-order valence-electron chi connectivity index (χ2n) is 4.26. The van der Waals surface area contributed by atoms with E-state index in [0.29, 0.717) is 12.8 Å². The lowest BCUT2D eigenvalue weighted by molar-refractivity contribution is 0.446. The zero-order valence-electron chi connectivity index (χ0n) is 11.1. The van der Waals surface area contributed by atoms with E-state index in [1.807, 2.05) is 12.1 Å². The van der Waals surface area contributed by atoms with Crippen LogP contribution in [0.3, 0.4) is 0 Å². The summed E-state index contributed by atoms with van der Waals surface area (Å²) in [5.41, 5.74) is -0.990. The van der Waals surface area contributed by atoms with Crippen LogP contribution < -0.4 is 4.72 Å². The Kier molecular flexibility index (Phi) is 5.13. The summed E-state index contributed by atoms with van der Waals surface area (Å²) in [5.74, 6) is 0. The summed E-state index contributed by atoms with van der Waals surface area (Å²) in [6, 6.07) is 7.82. The molecular formula is C13H14ClN3O2S. The number of hydrogen-bond acceptors (Lipinski definition) is 4. The highest BCUT2D eigenvalue weighted by Gasteiger charge is 2.33. The van der Waals surface area contributed by atoms with E-state index >= 15 is 0 Å². The molecule has 1 aromatic carbocycles. The molecule has 0 fully saturated rings. The van der Waals surface area contributed by atoms with Crippen LogP contribution in [0.25, 0.3) is 0 Å². The maximum atomic E-state index is 12.4. The van der Waals surface area contributed by atoms with Gasteiger partial charge < -0.3 is 0 Å². The van der Waals surface area contributed by atoms with Crippen LogP contribution in [0.5, 0.6) is 0 Å². The highest BCUT2D eigenvalue weighted by molar-refractivity contribution is 7.89. The van der Waals surface area contributed by atoms with Crippen molar-refractivity contribution in [1.29, 1.82) is 10.5 Å². The van der Waals surface area contributed by atoms with E-state index in [4.69, 9.17) is 16.9 Å². The van der Waals surface area contributed by atoms with Crippen molar-refractivity contribution in [2.75, 3.05) is 0 Å². The summed E-state index contributed by atoms with van der Waals surface area (Å²) < 4.78 is 27.1. The number of sulfonamides is 1. The Bertz CT molecular complexity index is 683. The molecule has 1 aromatic rings. The Morgan fingerprint density at radius 3 is 2.35 bits per heavy atom. The Labute approximate surface area is 123 Å². The fourth-order valence-corrected chi connectivity index (χ4v) is 3.65. The topological polar surface area (TPSA) is 93.8 Å². The van der Waals surface area contributed by atoms with Gasteiger partial charge in [-0.1, -0.05) is 25.4 Å². The highest BCUT2D eigenvalue weighted by atomic mass is 35.5. The zero-order chi connectivity index (χ0) is 15.4. The molecule has 0 spiro atoms. The van der Waals surface area contributed by atoms with Gasteiger partial charge in [0.05, 0.1) is 22.7 Å². The van der Waals surface area contributed by atoms with E-state index in [2.05, 4.69) is 4.72 Å². The third-order valence-corrected chi connectivity index (χ3v) is 5.12. The van der Waals surface area contributed by atoms with E-state index < -0.39 is 15.6 Å². The van der Waals surface area contributed by atoms with Gasteiger partial charge in [0.2, 0.25) is 10.0 Å². The van der Waals surface area contributed by atoms with Gasteiger partial charge in [0.15, 0.2) is 0 Å². The smallest absolute Gasteiger partial charge is 0.207 e. The first-order chi connectivity index (χ1) is 9.34. The number of nitriles is 2. The zero-order valence-corrected chi connectivity index (χ0v) is 12.7. The predicted molar refractivity (Wildman–Crippen MR) is 75.4 cm³/mol. The van der Waals surface area contributed by atoms with E-state index in [-0.39, 0.29) is 15.5 Å². The molecule has 7 heteroatoms. The maximum Gasteiger partial charge on any atom is 0.243 e. The molecule has 0 aliphatic rings. The molecule has 0 bridgehead atoms. The lowest BCUT2D eigenvalue weighted by Gasteiger charge is -2.24. The van der Waals surface area contributed by atoms with Crippen LogP contribution in [0.15, 0.2) is 23.1 Å². The largest absolute Gasteiger partial charge is 0.243 e. The monoisotopic (exact) mass is 311 g/mol. The van der Waals surface area contributed by atoms with Crippen LogP contribution in [0.2, 0.25) is 5.02 Å². The summed E-state index contributed by atoms with van der Waals surface area (Å²) in [6.07, 6.45) is 0.656. The van der Waals surface area contributed by atoms with Gasteiger partial charge in [0.1, 0.15) is 10.4 Å². The third-order valence-electron chi connectivity index (χ3n) is 3.10. The Hall–Kier alpha value is -1.60. The predicted octanol–water partition coefficient (Wildman–Crippen LogP) is 2.57. The van der Waals surface area contributed by atoms with Crippen molar-refractivity contribution in [1.82, 2.24) is 4.72 Å². The molecule has 1 N–H and O–H groups in total. The molecule has 0 radical (unpaired) electrons. The molecule has 106 valence electrons. The molecule has 0 aliphatic carbocycles. The van der Waals surface area contributed by atoms with Gasteiger partial charge in [-0.15, -0.1) is 0 Å². The minimum Gasteiger partial charge on any atom is -0.207 e. The SMILES string of the molecule is CCC(C#N)(CC)NS(=O)(=O)c1cc(C#N)ccc1Cl. The molecule has 0 saturated carbocycles. The van der Waals surface area contributed by atoms with Gasteiger partial charge in [0.25, 0.3) is 0 Å². The summed E-state index contributed by atoms with van der Waals surface area (Å²) in [6.45, 7) is 3.45. The molecule has 0 heterocycles. The fourth-order valence-electron chi connectivity index (χ4n) is 1.67. The van der Waals surface area contributed by atoms with Gasteiger partial charge in [0, 0.05) is 0 Å². The first-order valence-electron chi connectivity index (χ1n) is 5.99. The summed E-state index contributed by atoms with van der Waals surface area (Å²) in [4.78, 5) is -0.195. The normalized spacial score (nSPS) is 11.7. The third kappa shape index (κ3) is 3.29. The average Bonchev–Trinajstić information content (AvgIpc) is 2.45. The Morgan fingerprint density at radius 2 is 1.90 bits per heavy atom. The molecular weight excluding hydrogens is 298 g/mol. The summed E-state index contributed by atoms with van der Waals surface area (Å²) in [7, 11) is -3.97. The number of rotatable bonds is 5. The van der Waals surface area contributed by atoms with Crippen molar-refractivity contribution in [3.8, 4) is 12.1 Å². The number of halogens is 1. The fraction of sp³-hybridized carbons (Fsp3) is 0.385. The number of hydrogen-bond donors (Lipinski definition) is 1. The molecule has 5 nitrogen and oxygen atoms in total. The van der Waals surface area contributed by atoms with Crippen LogP contribution in [-0.2, 0) is 10.0 Å². The van der Waals surface area contributed by atoms with Crippen molar-refractivity contribution in [2.24, 2.45) is 0 Å². The number of nitrogens with zero attached hydrogens (tertiary/aromatic N) is 2. The van der Waals surface area contributed by atoms with Gasteiger partial charge in [-0.25, -0.2) is 8.42 Å². The van der Waals surface area contributed by atoms with Crippen LogP contribution in [0, 0.1) is 22.7 Å². The second-order valence-corrected chi connectivity index (χ2v) is 6.32. The molecule has 20 heavy (non-hydrogen) atoms. The van der Waals surface area contributed by atoms with E-state index in [1.54, 1.807) is 13.8 Å². The quantitative estimate of drug-likeness (QED) is 0.904. The van der Waals surface area contributed by atoms with Gasteiger partial charge in [-0.2, -0.15) is 15.2 Å². The Balaban J connectivity index is 3.32. The van der Waals surface area contributed by atoms with Crippen molar-refractivity contribution in [3.63, 3.8) is 0 Å². The van der Waals surface area contributed by atoms with E-state index in [9.17, 15) is 13.7 Å². The Morgan fingerprint density at radius 1 is 1.30 bits per heavy atom. The molecule has 0 aliphatic heterocycles. The molecule has 0 atom stereocenters. The molecule has 0 unspecified atom stereocenters. The first kappa shape index (κ1) is 16.5. The summed E-state index contributed by atoms with van der Waals surface area (Å²) >= 11 is 5.88. The van der Waals surface area contributed by atoms with E-state index in [1.165, 1.54) is 18.2 Å². The van der Waals surface area contributed by atoms with Gasteiger partial charge in [-0.3, -0.25) is 0 Å². The molecule has 0 saturated heterocycles. The molecule has 1 rings (SSSR count). The minimum atomic E-state index is -3.97. The molecule has 0 aromatic heterocycles. The maximum absolute atomic E-state index is 12.4. The second kappa shape index (κ2) is 6.23. The highest BCUT2D eigenvalue weighted by Crippen LogP contribution is 2.25. The lowest BCUT2D eigenvalue weighted by atomic mass is 9.97. The lowest BCUT2D eigenvalue weighted by Crippen LogP contribution is -2.46. The van der Waals surface area contributed by atoms with E-state index in [0.717, 1.165) is 0 Å². The number of benzene rings is 1. The van der Waals surface area contributed by atoms with Crippen molar-refractivity contribution >= 4 is 21.6 Å².